The molecule has 7 heteroatoms. The largest absolute Gasteiger partial charge is 0.484 e. The lowest BCUT2D eigenvalue weighted by Gasteiger charge is -2.07. The molecule has 22 heavy (non-hydrogen) atoms. The van der Waals surface area contributed by atoms with E-state index in [2.05, 4.69) is 10.6 Å². The van der Waals surface area contributed by atoms with E-state index in [1.807, 2.05) is 0 Å². The van der Waals surface area contributed by atoms with E-state index in [4.69, 9.17) is 9.15 Å². The maximum Gasteiger partial charge on any atom is 0.321 e. The van der Waals surface area contributed by atoms with Gasteiger partial charge in [-0.1, -0.05) is 0 Å². The first-order chi connectivity index (χ1) is 10.7. The minimum absolute atomic E-state index is 0.181. The Morgan fingerprint density at radius 1 is 1.18 bits per heavy atom. The van der Waals surface area contributed by atoms with Gasteiger partial charge in [0, 0.05) is 5.56 Å². The van der Waals surface area contributed by atoms with Crippen LogP contribution in [0.1, 0.15) is 16.1 Å². The first-order valence-electron chi connectivity index (χ1n) is 6.45. The van der Waals surface area contributed by atoms with Crippen LogP contribution in [0.2, 0.25) is 0 Å². The third-order valence-corrected chi connectivity index (χ3v) is 2.64. The van der Waals surface area contributed by atoms with Gasteiger partial charge in [-0.2, -0.15) is 0 Å². The van der Waals surface area contributed by atoms with E-state index < -0.39 is 11.9 Å². The zero-order chi connectivity index (χ0) is 15.8. The highest BCUT2D eigenvalue weighted by Crippen LogP contribution is 2.10. The Morgan fingerprint density at radius 2 is 1.95 bits per heavy atom. The van der Waals surface area contributed by atoms with Crippen molar-refractivity contribution in [2.45, 2.75) is 6.54 Å². The molecule has 3 amide bonds. The molecule has 0 radical (unpaired) electrons. The summed E-state index contributed by atoms with van der Waals surface area (Å²) in [5.41, 5.74) is 0.508. The van der Waals surface area contributed by atoms with Crippen LogP contribution >= 0.6 is 0 Å². The van der Waals surface area contributed by atoms with Crippen molar-refractivity contribution in [1.82, 2.24) is 10.6 Å². The van der Waals surface area contributed by atoms with Crippen molar-refractivity contribution in [3.8, 4) is 5.75 Å². The number of hydrogen-bond donors (Lipinski definition) is 2. The van der Waals surface area contributed by atoms with Crippen LogP contribution in [0.4, 0.5) is 4.79 Å². The molecule has 0 aliphatic carbocycles. The fourth-order valence-corrected chi connectivity index (χ4v) is 1.58. The molecule has 2 rings (SSSR count). The van der Waals surface area contributed by atoms with E-state index in [0.29, 0.717) is 23.4 Å². The predicted molar refractivity (Wildman–Crippen MR) is 76.4 cm³/mol. The molecule has 1 aromatic carbocycles. The monoisotopic (exact) mass is 302 g/mol. The summed E-state index contributed by atoms with van der Waals surface area (Å²) in [6.45, 7) is -0.130. The van der Waals surface area contributed by atoms with Gasteiger partial charge in [-0.15, -0.1) is 0 Å². The number of rotatable bonds is 6. The molecule has 0 unspecified atom stereocenters. The average Bonchev–Trinajstić information content (AvgIpc) is 3.05. The van der Waals surface area contributed by atoms with Gasteiger partial charge >= 0.3 is 6.03 Å². The van der Waals surface area contributed by atoms with Crippen LogP contribution < -0.4 is 15.4 Å². The summed E-state index contributed by atoms with van der Waals surface area (Å²) in [5.74, 6) is 0.419. The Morgan fingerprint density at radius 3 is 2.59 bits per heavy atom. The van der Waals surface area contributed by atoms with E-state index in [9.17, 15) is 14.4 Å². The van der Waals surface area contributed by atoms with Gasteiger partial charge in [-0.05, 0) is 36.4 Å². The lowest BCUT2D eigenvalue weighted by atomic mass is 10.2. The molecule has 0 atom stereocenters. The molecule has 0 bridgehead atoms. The number of benzene rings is 1. The molecule has 2 N–H and O–H groups in total. The van der Waals surface area contributed by atoms with Gasteiger partial charge < -0.3 is 14.5 Å². The number of amides is 3. The fourth-order valence-electron chi connectivity index (χ4n) is 1.58. The topological polar surface area (TPSA) is 97.6 Å². The van der Waals surface area contributed by atoms with Gasteiger partial charge in [0.15, 0.2) is 6.61 Å². The molecular weight excluding hydrogens is 288 g/mol. The summed E-state index contributed by atoms with van der Waals surface area (Å²) in [5, 5.41) is 4.59. The second-order valence-corrected chi connectivity index (χ2v) is 4.29. The summed E-state index contributed by atoms with van der Waals surface area (Å²) < 4.78 is 10.2. The highest BCUT2D eigenvalue weighted by molar-refractivity contribution is 5.94. The first kappa shape index (κ1) is 15.3. The lowest BCUT2D eigenvalue weighted by molar-refractivity contribution is -0.122. The highest BCUT2D eigenvalue weighted by atomic mass is 16.5. The van der Waals surface area contributed by atoms with Gasteiger partial charge in [-0.25, -0.2) is 4.79 Å². The highest BCUT2D eigenvalue weighted by Gasteiger charge is 2.08. The van der Waals surface area contributed by atoms with Crippen molar-refractivity contribution in [2.75, 3.05) is 6.61 Å². The van der Waals surface area contributed by atoms with Crippen molar-refractivity contribution < 1.29 is 23.5 Å². The van der Waals surface area contributed by atoms with Crippen LogP contribution in [-0.4, -0.2) is 24.8 Å². The molecule has 0 saturated heterocycles. The van der Waals surface area contributed by atoms with Crippen molar-refractivity contribution >= 4 is 18.2 Å². The van der Waals surface area contributed by atoms with Crippen molar-refractivity contribution in [2.24, 2.45) is 0 Å². The maximum absolute atomic E-state index is 11.5. The van der Waals surface area contributed by atoms with E-state index in [1.165, 1.54) is 6.26 Å². The Kier molecular flexibility index (Phi) is 5.31. The second kappa shape index (κ2) is 7.63. The number of aldehydes is 1. The molecule has 0 saturated carbocycles. The van der Waals surface area contributed by atoms with Crippen LogP contribution in [0.5, 0.6) is 5.75 Å². The SMILES string of the molecule is O=Cc1ccc(OCC(=O)NC(=O)NCc2ccco2)cc1. The maximum atomic E-state index is 11.5. The molecule has 0 aliphatic heterocycles. The van der Waals surface area contributed by atoms with Crippen LogP contribution in [-0.2, 0) is 11.3 Å². The average molecular weight is 302 g/mol. The molecule has 0 spiro atoms. The van der Waals surface area contributed by atoms with Crippen molar-refractivity contribution in [1.29, 1.82) is 0 Å². The summed E-state index contributed by atoms with van der Waals surface area (Å²) >= 11 is 0. The molecule has 7 nitrogen and oxygen atoms in total. The van der Waals surface area contributed by atoms with Gasteiger partial charge in [0.2, 0.25) is 0 Å². The van der Waals surface area contributed by atoms with E-state index in [1.54, 1.807) is 36.4 Å². The first-order valence-corrected chi connectivity index (χ1v) is 6.45. The number of ether oxygens (including phenoxy) is 1. The van der Waals surface area contributed by atoms with Gasteiger partial charge in [-0.3, -0.25) is 14.9 Å². The normalized spacial score (nSPS) is 9.82. The summed E-state index contributed by atoms with van der Waals surface area (Å²) in [7, 11) is 0. The van der Waals surface area contributed by atoms with Gasteiger partial charge in [0.05, 0.1) is 12.8 Å². The summed E-state index contributed by atoms with van der Waals surface area (Å²) in [4.78, 5) is 33.5. The zero-order valence-electron chi connectivity index (χ0n) is 11.6. The van der Waals surface area contributed by atoms with E-state index >= 15 is 0 Å². The van der Waals surface area contributed by atoms with E-state index in [0.717, 1.165) is 0 Å². The third kappa shape index (κ3) is 4.78. The Balaban J connectivity index is 1.70. The van der Waals surface area contributed by atoms with Crippen LogP contribution in [0.25, 0.3) is 0 Å². The number of carbonyl (C=O) groups excluding carboxylic acids is 3. The van der Waals surface area contributed by atoms with Gasteiger partial charge in [0.1, 0.15) is 17.8 Å². The van der Waals surface area contributed by atoms with Crippen LogP contribution in [0.15, 0.2) is 47.1 Å². The quantitative estimate of drug-likeness (QED) is 0.788. The fraction of sp³-hybridized carbons (Fsp3) is 0.133. The Bertz CT molecular complexity index is 634. The molecule has 1 heterocycles. The lowest BCUT2D eigenvalue weighted by Crippen LogP contribution is -2.41. The minimum Gasteiger partial charge on any atom is -0.484 e. The molecule has 0 fully saturated rings. The van der Waals surface area contributed by atoms with E-state index in [-0.39, 0.29) is 13.2 Å². The number of nitrogens with one attached hydrogen (secondary N) is 2. The molecule has 1 aromatic heterocycles. The molecular formula is C15H14N2O5. The number of carbonyl (C=O) groups is 3. The number of furan rings is 1. The zero-order valence-corrected chi connectivity index (χ0v) is 11.6. The smallest absolute Gasteiger partial charge is 0.321 e. The molecule has 0 aliphatic rings. The molecule has 114 valence electrons. The predicted octanol–water partition coefficient (Wildman–Crippen LogP) is 1.50. The van der Waals surface area contributed by atoms with Crippen molar-refractivity contribution in [3.63, 3.8) is 0 Å². The minimum atomic E-state index is -0.638. The van der Waals surface area contributed by atoms with Crippen LogP contribution in [0, 0.1) is 0 Å². The van der Waals surface area contributed by atoms with Gasteiger partial charge in [0.25, 0.3) is 5.91 Å². The summed E-state index contributed by atoms with van der Waals surface area (Å²) in [6.07, 6.45) is 2.20. The number of imide groups is 1. The molecule has 2 aromatic rings. The second-order valence-electron chi connectivity index (χ2n) is 4.29. The number of hydrogen-bond acceptors (Lipinski definition) is 5. The van der Waals surface area contributed by atoms with Crippen molar-refractivity contribution in [3.05, 3.63) is 54.0 Å². The number of urea groups is 1. The Hall–Kier alpha value is -3.09. The standard InChI is InChI=1S/C15H14N2O5/c18-9-11-3-5-12(6-4-11)22-10-14(19)17-15(20)16-8-13-2-1-7-21-13/h1-7,9H,8,10H2,(H2,16,17,19,20). The Labute approximate surface area is 126 Å². The summed E-state index contributed by atoms with van der Waals surface area (Å²) in [6, 6.07) is 9.02. The third-order valence-electron chi connectivity index (χ3n) is 2.64. The van der Waals surface area contributed by atoms with Crippen LogP contribution in [0.3, 0.4) is 0 Å².